The van der Waals surface area contributed by atoms with E-state index in [9.17, 15) is 9.18 Å². The van der Waals surface area contributed by atoms with E-state index in [2.05, 4.69) is 25.6 Å². The second-order valence-corrected chi connectivity index (χ2v) is 8.55. The number of carbonyl (C=O) groups excluding carboxylic acids is 1. The molecule has 0 radical (unpaired) electrons. The maximum Gasteiger partial charge on any atom is 0.278 e. The minimum atomic E-state index is -0.589. The number of benzene rings is 2. The minimum absolute atomic E-state index is 0.0602. The predicted molar refractivity (Wildman–Crippen MR) is 122 cm³/mol. The zero-order chi connectivity index (χ0) is 22.7. The average molecular weight is 510 g/mol. The molecule has 32 heavy (non-hydrogen) atoms. The smallest absolute Gasteiger partial charge is 0.278 e. The summed E-state index contributed by atoms with van der Waals surface area (Å²) < 4.78 is 14.9. The molecule has 2 aromatic heterocycles. The van der Waals surface area contributed by atoms with E-state index in [4.69, 9.17) is 34.8 Å². The van der Waals surface area contributed by atoms with E-state index in [0.717, 1.165) is 6.07 Å². The summed E-state index contributed by atoms with van der Waals surface area (Å²) in [4.78, 5) is 21.3. The number of hydrogen-bond donors (Lipinski definition) is 1. The number of nitrogens with zero attached hydrogens (tertiary/aromatic N) is 5. The molecule has 0 saturated heterocycles. The molecule has 0 spiro atoms. The molecule has 0 unspecified atom stereocenters. The molecule has 0 atom stereocenters. The number of carbonyl (C=O) groups is 1. The normalized spacial score (nSPS) is 10.9. The molecule has 2 aromatic carbocycles. The van der Waals surface area contributed by atoms with E-state index in [-0.39, 0.29) is 16.5 Å². The fraction of sp³-hybridized carbons (Fsp3) is 0.0500. The molecule has 0 aliphatic rings. The minimum Gasteiger partial charge on any atom is -0.320 e. The monoisotopic (exact) mass is 508 g/mol. The van der Waals surface area contributed by atoms with Crippen LogP contribution in [0.3, 0.4) is 0 Å². The first-order valence-electron chi connectivity index (χ1n) is 8.98. The lowest BCUT2D eigenvalue weighted by Gasteiger charge is -2.09. The zero-order valence-corrected chi connectivity index (χ0v) is 19.1. The molecule has 4 rings (SSSR count). The van der Waals surface area contributed by atoms with Gasteiger partial charge in [-0.15, -0.1) is 5.10 Å². The van der Waals surface area contributed by atoms with E-state index in [1.54, 1.807) is 36.7 Å². The Labute approximate surface area is 200 Å². The van der Waals surface area contributed by atoms with Gasteiger partial charge in [0.1, 0.15) is 5.82 Å². The molecule has 0 fully saturated rings. The highest BCUT2D eigenvalue weighted by molar-refractivity contribution is 7.98. The van der Waals surface area contributed by atoms with Gasteiger partial charge in [-0.3, -0.25) is 4.79 Å². The van der Waals surface area contributed by atoms with Crippen molar-refractivity contribution in [3.05, 3.63) is 87.1 Å². The molecule has 0 saturated carbocycles. The van der Waals surface area contributed by atoms with E-state index >= 15 is 0 Å². The zero-order valence-electron chi connectivity index (χ0n) is 16.0. The molecule has 0 aliphatic heterocycles. The van der Waals surface area contributed by atoms with E-state index in [1.165, 1.54) is 28.6 Å². The van der Waals surface area contributed by atoms with Crippen LogP contribution in [0.5, 0.6) is 0 Å². The third-order valence-electron chi connectivity index (χ3n) is 4.13. The van der Waals surface area contributed by atoms with Crippen LogP contribution < -0.4 is 5.32 Å². The van der Waals surface area contributed by atoms with Crippen molar-refractivity contribution in [2.45, 2.75) is 10.9 Å². The van der Waals surface area contributed by atoms with Gasteiger partial charge in [0.05, 0.1) is 16.4 Å². The Morgan fingerprint density at radius 1 is 1.06 bits per heavy atom. The first-order chi connectivity index (χ1) is 15.4. The van der Waals surface area contributed by atoms with Crippen molar-refractivity contribution in [3.8, 4) is 5.69 Å². The number of halogens is 4. The SMILES string of the molecule is O=C(Nc1ccc(F)c(Cl)c1)c1nnn(-c2cc(Cl)cc(Cl)c2)c1CSc1ncccn1. The summed E-state index contributed by atoms with van der Waals surface area (Å²) in [6.07, 6.45) is 3.24. The lowest BCUT2D eigenvalue weighted by Crippen LogP contribution is -2.15. The summed E-state index contributed by atoms with van der Waals surface area (Å²) in [5.41, 5.74) is 1.37. The highest BCUT2D eigenvalue weighted by atomic mass is 35.5. The van der Waals surface area contributed by atoms with Gasteiger partial charge in [-0.25, -0.2) is 19.0 Å². The molecule has 0 aliphatic carbocycles. The Bertz CT molecular complexity index is 1270. The van der Waals surface area contributed by atoms with Crippen molar-refractivity contribution in [3.63, 3.8) is 0 Å². The Morgan fingerprint density at radius 3 is 2.47 bits per heavy atom. The number of rotatable bonds is 6. The summed E-state index contributed by atoms with van der Waals surface area (Å²) >= 11 is 19.4. The highest BCUT2D eigenvalue weighted by Crippen LogP contribution is 2.27. The maximum atomic E-state index is 13.4. The standard InChI is InChI=1S/C20H12Cl3FN6OS/c21-11-6-12(22)8-14(7-11)30-17(10-32-20-25-4-1-5-26-20)18(28-29-30)19(31)27-13-2-3-16(24)15(23)9-13/h1-9H,10H2,(H,27,31). The lowest BCUT2D eigenvalue weighted by molar-refractivity contribution is 0.102. The second kappa shape index (κ2) is 9.83. The van der Waals surface area contributed by atoms with Gasteiger partial charge >= 0.3 is 0 Å². The second-order valence-electron chi connectivity index (χ2n) is 6.33. The van der Waals surface area contributed by atoms with Crippen molar-refractivity contribution in [2.75, 3.05) is 5.32 Å². The van der Waals surface area contributed by atoms with E-state index in [0.29, 0.717) is 32.3 Å². The third-order valence-corrected chi connectivity index (χ3v) is 5.74. The first-order valence-corrected chi connectivity index (χ1v) is 11.1. The Balaban J connectivity index is 1.69. The molecule has 2 heterocycles. The summed E-state index contributed by atoms with van der Waals surface area (Å²) in [6, 6.07) is 10.5. The number of thioether (sulfide) groups is 1. The largest absolute Gasteiger partial charge is 0.320 e. The van der Waals surface area contributed by atoms with Crippen LogP contribution in [0, 0.1) is 5.82 Å². The Morgan fingerprint density at radius 2 is 1.78 bits per heavy atom. The number of hydrogen-bond acceptors (Lipinski definition) is 6. The first kappa shape index (κ1) is 22.5. The van der Waals surface area contributed by atoms with Crippen molar-refractivity contribution < 1.29 is 9.18 Å². The van der Waals surface area contributed by atoms with Crippen LogP contribution in [0.2, 0.25) is 15.1 Å². The van der Waals surface area contributed by atoms with Gasteiger partial charge in [0.25, 0.3) is 5.91 Å². The quantitative estimate of drug-likeness (QED) is 0.265. The molecule has 12 heteroatoms. The molecule has 4 aromatic rings. The van der Waals surface area contributed by atoms with Gasteiger partial charge in [0.2, 0.25) is 0 Å². The van der Waals surface area contributed by atoms with E-state index in [1.807, 2.05) is 0 Å². The summed E-state index contributed by atoms with van der Waals surface area (Å²) in [6.45, 7) is 0. The third kappa shape index (κ3) is 5.18. The van der Waals surface area contributed by atoms with Gasteiger partial charge in [0, 0.05) is 33.9 Å². The van der Waals surface area contributed by atoms with Crippen LogP contribution in [0.4, 0.5) is 10.1 Å². The van der Waals surface area contributed by atoms with Crippen LogP contribution >= 0.6 is 46.6 Å². The lowest BCUT2D eigenvalue weighted by atomic mass is 10.2. The van der Waals surface area contributed by atoms with Crippen molar-refractivity contribution in [1.29, 1.82) is 0 Å². The summed E-state index contributed by atoms with van der Waals surface area (Å²) in [5.74, 6) is -0.862. The van der Waals surface area contributed by atoms with Crippen molar-refractivity contribution in [2.24, 2.45) is 0 Å². The topological polar surface area (TPSA) is 85.6 Å². The molecular weight excluding hydrogens is 498 g/mol. The molecule has 1 amide bonds. The van der Waals surface area contributed by atoms with Crippen LogP contribution in [0.25, 0.3) is 5.69 Å². The van der Waals surface area contributed by atoms with Gasteiger partial charge < -0.3 is 5.32 Å². The number of aromatic nitrogens is 5. The number of nitrogens with one attached hydrogen (secondary N) is 1. The van der Waals surface area contributed by atoms with Gasteiger partial charge in [-0.1, -0.05) is 51.8 Å². The highest BCUT2D eigenvalue weighted by Gasteiger charge is 2.22. The van der Waals surface area contributed by atoms with Crippen molar-refractivity contribution >= 4 is 58.2 Å². The maximum absolute atomic E-state index is 13.4. The van der Waals surface area contributed by atoms with Crippen LogP contribution in [0.15, 0.2) is 60.0 Å². The molecule has 162 valence electrons. The van der Waals surface area contributed by atoms with Gasteiger partial charge in [-0.05, 0) is 42.5 Å². The average Bonchev–Trinajstić information content (AvgIpc) is 3.19. The van der Waals surface area contributed by atoms with Crippen LogP contribution in [0.1, 0.15) is 16.2 Å². The van der Waals surface area contributed by atoms with E-state index < -0.39 is 11.7 Å². The number of amides is 1. The molecule has 7 nitrogen and oxygen atoms in total. The molecule has 1 N–H and O–H groups in total. The van der Waals surface area contributed by atoms with Crippen molar-refractivity contribution in [1.82, 2.24) is 25.0 Å². The Kier molecular flexibility index (Phi) is 6.90. The predicted octanol–water partition coefficient (Wildman–Crippen LogP) is 5.70. The summed E-state index contributed by atoms with van der Waals surface area (Å²) in [7, 11) is 0. The fourth-order valence-corrected chi connectivity index (χ4v) is 4.22. The van der Waals surface area contributed by atoms with Crippen LogP contribution in [-0.4, -0.2) is 30.9 Å². The van der Waals surface area contributed by atoms with Crippen LogP contribution in [-0.2, 0) is 5.75 Å². The van der Waals surface area contributed by atoms with Gasteiger partial charge in [0.15, 0.2) is 10.9 Å². The fourth-order valence-electron chi connectivity index (χ4n) is 2.73. The summed E-state index contributed by atoms with van der Waals surface area (Å²) in [5, 5.41) is 12.0. The number of anilines is 1. The Hall–Kier alpha value is -2.72. The molecular formula is C20H12Cl3FN6OS. The van der Waals surface area contributed by atoms with Gasteiger partial charge in [-0.2, -0.15) is 0 Å². The molecule has 0 bridgehead atoms.